The molecule has 7 nitrogen and oxygen atoms in total. The molecule has 0 bridgehead atoms. The standard InChI is InChI=1S/C31H26Cl2N2O5S/c1-4-39-30(37)27-18(2)34-31-35(28(27)20-10-12-22(32)13-11-20)29(36)26(41-31)16-19-9-14-24(25(15-19)38-3)40-17-21-7-5-6-8-23(21)33/h5-16,28H,4,17H2,1-3H3. The first-order chi connectivity index (χ1) is 19.8. The molecule has 0 amide bonds. The van der Waals surface area contributed by atoms with Gasteiger partial charge in [0, 0.05) is 15.6 Å². The summed E-state index contributed by atoms with van der Waals surface area (Å²) in [7, 11) is 1.56. The van der Waals surface area contributed by atoms with Gasteiger partial charge >= 0.3 is 5.97 Å². The zero-order valence-electron chi connectivity index (χ0n) is 22.5. The van der Waals surface area contributed by atoms with Gasteiger partial charge in [-0.1, -0.05) is 70.9 Å². The summed E-state index contributed by atoms with van der Waals surface area (Å²) < 4.78 is 18.9. The largest absolute Gasteiger partial charge is 0.493 e. The van der Waals surface area contributed by atoms with E-state index in [9.17, 15) is 9.59 Å². The molecule has 3 aromatic carbocycles. The number of benzene rings is 3. The minimum atomic E-state index is -0.708. The van der Waals surface area contributed by atoms with Crippen LogP contribution in [0.4, 0.5) is 0 Å². The van der Waals surface area contributed by atoms with E-state index in [1.165, 1.54) is 15.9 Å². The average molecular weight is 610 g/mol. The van der Waals surface area contributed by atoms with Crippen molar-refractivity contribution in [3.63, 3.8) is 0 Å². The number of halogens is 2. The number of esters is 1. The highest BCUT2D eigenvalue weighted by atomic mass is 35.5. The van der Waals surface area contributed by atoms with Crippen LogP contribution in [0.2, 0.25) is 10.0 Å². The summed E-state index contributed by atoms with van der Waals surface area (Å²) in [6.07, 6.45) is 1.77. The number of hydrogen-bond acceptors (Lipinski definition) is 7. The molecule has 210 valence electrons. The smallest absolute Gasteiger partial charge is 0.338 e. The Kier molecular flexibility index (Phi) is 8.63. The van der Waals surface area contributed by atoms with Gasteiger partial charge in [-0.3, -0.25) is 9.36 Å². The molecule has 10 heteroatoms. The number of carbonyl (C=O) groups is 1. The average Bonchev–Trinajstić information content (AvgIpc) is 3.26. The van der Waals surface area contributed by atoms with Crippen molar-refractivity contribution in [2.24, 2.45) is 4.99 Å². The molecule has 2 heterocycles. The summed E-state index contributed by atoms with van der Waals surface area (Å²) in [5.74, 6) is 0.543. The van der Waals surface area contributed by atoms with Gasteiger partial charge in [0.2, 0.25) is 0 Å². The number of hydrogen-bond donors (Lipinski definition) is 0. The number of rotatable bonds is 8. The topological polar surface area (TPSA) is 79.1 Å². The fraction of sp³-hybridized carbons (Fsp3) is 0.194. The highest BCUT2D eigenvalue weighted by Crippen LogP contribution is 2.32. The number of thiazole rings is 1. The normalized spacial score (nSPS) is 14.9. The van der Waals surface area contributed by atoms with Gasteiger partial charge in [0.25, 0.3) is 5.56 Å². The van der Waals surface area contributed by atoms with Gasteiger partial charge in [-0.25, -0.2) is 9.79 Å². The summed E-state index contributed by atoms with van der Waals surface area (Å²) >= 11 is 13.6. The van der Waals surface area contributed by atoms with Crippen molar-refractivity contribution < 1.29 is 19.0 Å². The molecule has 0 fully saturated rings. The Morgan fingerprint density at radius 3 is 2.54 bits per heavy atom. The lowest BCUT2D eigenvalue weighted by atomic mass is 9.96. The number of allylic oxidation sites excluding steroid dienone is 1. The van der Waals surface area contributed by atoms with Crippen molar-refractivity contribution in [2.75, 3.05) is 13.7 Å². The monoisotopic (exact) mass is 608 g/mol. The van der Waals surface area contributed by atoms with Gasteiger partial charge in [-0.15, -0.1) is 0 Å². The van der Waals surface area contributed by atoms with Crippen LogP contribution in [0.15, 0.2) is 87.8 Å². The Labute approximate surface area is 250 Å². The maximum absolute atomic E-state index is 13.8. The first-order valence-electron chi connectivity index (χ1n) is 12.8. The number of ether oxygens (including phenoxy) is 3. The van der Waals surface area contributed by atoms with E-state index in [-0.39, 0.29) is 18.8 Å². The van der Waals surface area contributed by atoms with Crippen LogP contribution in [0.3, 0.4) is 0 Å². The van der Waals surface area contributed by atoms with E-state index in [2.05, 4.69) is 4.99 Å². The summed E-state index contributed by atoms with van der Waals surface area (Å²) in [4.78, 5) is 31.9. The third kappa shape index (κ3) is 5.95. The number of carbonyl (C=O) groups excluding carboxylic acids is 1. The van der Waals surface area contributed by atoms with Gasteiger partial charge in [0.15, 0.2) is 16.3 Å². The second-order valence-electron chi connectivity index (χ2n) is 9.14. The Bertz CT molecular complexity index is 1830. The van der Waals surface area contributed by atoms with E-state index >= 15 is 0 Å². The highest BCUT2D eigenvalue weighted by Gasteiger charge is 2.33. The summed E-state index contributed by atoms with van der Waals surface area (Å²) in [6, 6.07) is 19.2. The molecular weight excluding hydrogens is 583 g/mol. The van der Waals surface area contributed by atoms with Gasteiger partial charge in [-0.2, -0.15) is 0 Å². The van der Waals surface area contributed by atoms with E-state index in [0.29, 0.717) is 42.1 Å². The molecule has 41 heavy (non-hydrogen) atoms. The van der Waals surface area contributed by atoms with Crippen molar-refractivity contribution in [1.29, 1.82) is 0 Å². The molecular formula is C31H26Cl2N2O5S. The van der Waals surface area contributed by atoms with Crippen LogP contribution in [0.5, 0.6) is 11.5 Å². The Morgan fingerprint density at radius 1 is 1.07 bits per heavy atom. The Morgan fingerprint density at radius 2 is 1.83 bits per heavy atom. The molecule has 5 rings (SSSR count). The summed E-state index contributed by atoms with van der Waals surface area (Å²) in [5.41, 5.74) is 2.85. The van der Waals surface area contributed by atoms with Gasteiger partial charge in [0.05, 0.1) is 35.6 Å². The number of fused-ring (bicyclic) bond motifs is 1. The third-order valence-corrected chi connectivity index (χ3v) is 8.13. The number of aromatic nitrogens is 1. The van der Waals surface area contributed by atoms with Crippen LogP contribution >= 0.6 is 34.5 Å². The maximum atomic E-state index is 13.8. The van der Waals surface area contributed by atoms with E-state index in [1.54, 1.807) is 63.4 Å². The molecule has 1 aromatic heterocycles. The third-order valence-electron chi connectivity index (χ3n) is 6.53. The zero-order valence-corrected chi connectivity index (χ0v) is 24.8. The molecule has 1 aliphatic rings. The lowest BCUT2D eigenvalue weighted by Gasteiger charge is -2.24. The van der Waals surface area contributed by atoms with Crippen LogP contribution < -0.4 is 24.4 Å². The van der Waals surface area contributed by atoms with Gasteiger partial charge in [-0.05, 0) is 61.4 Å². The molecule has 0 radical (unpaired) electrons. The highest BCUT2D eigenvalue weighted by molar-refractivity contribution is 7.07. The molecule has 1 aliphatic heterocycles. The van der Waals surface area contributed by atoms with Gasteiger partial charge in [0.1, 0.15) is 6.61 Å². The molecule has 0 saturated carbocycles. The molecule has 4 aromatic rings. The van der Waals surface area contributed by atoms with Crippen molar-refractivity contribution in [3.8, 4) is 11.5 Å². The molecule has 0 saturated heterocycles. The van der Waals surface area contributed by atoms with Gasteiger partial charge < -0.3 is 14.2 Å². The van der Waals surface area contributed by atoms with E-state index < -0.39 is 12.0 Å². The van der Waals surface area contributed by atoms with E-state index in [4.69, 9.17) is 37.4 Å². The maximum Gasteiger partial charge on any atom is 0.338 e. The second kappa shape index (κ2) is 12.3. The van der Waals surface area contributed by atoms with E-state index in [0.717, 1.165) is 16.7 Å². The Hall–Kier alpha value is -3.85. The molecule has 0 spiro atoms. The lowest BCUT2D eigenvalue weighted by Crippen LogP contribution is -2.39. The fourth-order valence-electron chi connectivity index (χ4n) is 4.57. The predicted molar refractivity (Wildman–Crippen MR) is 161 cm³/mol. The molecule has 1 atom stereocenters. The van der Waals surface area contributed by atoms with Crippen LogP contribution in [0.25, 0.3) is 6.08 Å². The minimum Gasteiger partial charge on any atom is -0.493 e. The lowest BCUT2D eigenvalue weighted by molar-refractivity contribution is -0.139. The van der Waals surface area contributed by atoms with Crippen LogP contribution in [0.1, 0.15) is 36.6 Å². The van der Waals surface area contributed by atoms with Crippen molar-refractivity contribution >= 4 is 46.6 Å². The minimum absolute atomic E-state index is 0.202. The first-order valence-corrected chi connectivity index (χ1v) is 14.4. The zero-order chi connectivity index (χ0) is 29.1. The molecule has 0 N–H and O–H groups in total. The molecule has 1 unspecified atom stereocenters. The summed E-state index contributed by atoms with van der Waals surface area (Å²) in [6.45, 7) is 3.97. The molecule has 0 aliphatic carbocycles. The van der Waals surface area contributed by atoms with Crippen molar-refractivity contribution in [1.82, 2.24) is 4.57 Å². The predicted octanol–water partition coefficient (Wildman–Crippen LogP) is 5.69. The fourth-order valence-corrected chi connectivity index (χ4v) is 5.93. The number of nitrogens with zero attached hydrogens (tertiary/aromatic N) is 2. The number of methoxy groups -OCH3 is 1. The van der Waals surface area contributed by atoms with Crippen LogP contribution in [0, 0.1) is 0 Å². The second-order valence-corrected chi connectivity index (χ2v) is 11.0. The van der Waals surface area contributed by atoms with Crippen molar-refractivity contribution in [2.45, 2.75) is 26.5 Å². The van der Waals surface area contributed by atoms with E-state index in [1.807, 2.05) is 30.3 Å². The SMILES string of the molecule is CCOC(=O)C1=C(C)N=c2sc(=Cc3ccc(OCc4ccccc4Cl)c(OC)c3)c(=O)n2C1c1ccc(Cl)cc1. The Balaban J connectivity index is 1.54. The van der Waals surface area contributed by atoms with Crippen LogP contribution in [-0.2, 0) is 16.1 Å². The first kappa shape index (κ1) is 28.7. The quantitative estimate of drug-likeness (QED) is 0.240. The van der Waals surface area contributed by atoms with Crippen molar-refractivity contribution in [3.05, 3.63) is 124 Å². The summed E-state index contributed by atoms with van der Waals surface area (Å²) in [5, 5.41) is 1.17. The van der Waals surface area contributed by atoms with Crippen LogP contribution in [-0.4, -0.2) is 24.3 Å².